The van der Waals surface area contributed by atoms with Crippen LogP contribution in [-0.4, -0.2) is 19.1 Å². The predicted molar refractivity (Wildman–Crippen MR) is 89.9 cm³/mol. The van der Waals surface area contributed by atoms with Crippen molar-refractivity contribution < 1.29 is 9.47 Å². The predicted octanol–water partition coefficient (Wildman–Crippen LogP) is 5.33. The fourth-order valence-corrected chi connectivity index (χ4v) is 2.65. The first kappa shape index (κ1) is 16.0. The summed E-state index contributed by atoms with van der Waals surface area (Å²) in [6.07, 6.45) is 3.19. The van der Waals surface area contributed by atoms with Crippen molar-refractivity contribution >= 4 is 22.4 Å². The molecule has 21 heavy (non-hydrogen) atoms. The van der Waals surface area contributed by atoms with E-state index in [1.54, 1.807) is 0 Å². The highest BCUT2D eigenvalue weighted by atomic mass is 35.5. The summed E-state index contributed by atoms with van der Waals surface area (Å²) >= 11 is 5.69. The number of aryl methyl sites for hydroxylation is 1. The van der Waals surface area contributed by atoms with Crippen LogP contribution in [0.3, 0.4) is 0 Å². The second kappa shape index (κ2) is 8.14. The van der Waals surface area contributed by atoms with Crippen LogP contribution in [0, 0.1) is 6.92 Å². The second-order valence-electron chi connectivity index (χ2n) is 5.10. The summed E-state index contributed by atoms with van der Waals surface area (Å²) in [5, 5.41) is 2.24. The van der Waals surface area contributed by atoms with Crippen LogP contribution in [0.4, 0.5) is 0 Å². The van der Waals surface area contributed by atoms with Gasteiger partial charge in [-0.2, -0.15) is 0 Å². The molecule has 0 radical (unpaired) electrons. The molecule has 0 aliphatic rings. The molecule has 0 heterocycles. The fourth-order valence-electron chi connectivity index (χ4n) is 2.46. The van der Waals surface area contributed by atoms with Crippen LogP contribution in [0.1, 0.15) is 31.7 Å². The Morgan fingerprint density at radius 3 is 2.48 bits per heavy atom. The third kappa shape index (κ3) is 4.04. The zero-order valence-corrected chi connectivity index (χ0v) is 13.6. The lowest BCUT2D eigenvalue weighted by atomic mass is 10.0. The minimum atomic E-state index is 0.670. The maximum Gasteiger partial charge on any atom is 0.130 e. The Labute approximate surface area is 132 Å². The molecule has 0 aliphatic carbocycles. The minimum absolute atomic E-state index is 0.670. The minimum Gasteiger partial charge on any atom is -0.493 e. The molecule has 114 valence electrons. The standard InChI is InChI=1S/C18H23ClO2/c1-3-20-18-14(2)13-17(21-12-8-4-7-11-19)15-9-5-6-10-16(15)18/h5-6,9-10,13H,3-4,7-8,11-12H2,1-2H3. The van der Waals surface area contributed by atoms with E-state index in [4.69, 9.17) is 21.1 Å². The molecule has 0 aliphatic heterocycles. The highest BCUT2D eigenvalue weighted by molar-refractivity contribution is 6.17. The monoisotopic (exact) mass is 306 g/mol. The molecule has 2 aromatic carbocycles. The number of hydrogen-bond acceptors (Lipinski definition) is 2. The van der Waals surface area contributed by atoms with E-state index in [1.165, 1.54) is 0 Å². The summed E-state index contributed by atoms with van der Waals surface area (Å²) in [6.45, 7) is 5.48. The van der Waals surface area contributed by atoms with Crippen LogP contribution in [0.25, 0.3) is 10.8 Å². The maximum absolute atomic E-state index is 5.98. The first-order chi connectivity index (χ1) is 10.3. The Morgan fingerprint density at radius 1 is 1.00 bits per heavy atom. The Bertz CT molecular complexity index is 581. The van der Waals surface area contributed by atoms with Crippen LogP contribution in [0.2, 0.25) is 0 Å². The van der Waals surface area contributed by atoms with E-state index in [1.807, 2.05) is 19.1 Å². The summed E-state index contributed by atoms with van der Waals surface area (Å²) in [5.74, 6) is 2.63. The van der Waals surface area contributed by atoms with Gasteiger partial charge in [-0.1, -0.05) is 24.3 Å². The van der Waals surface area contributed by atoms with E-state index in [9.17, 15) is 0 Å². The molecule has 0 aromatic heterocycles. The van der Waals surface area contributed by atoms with E-state index in [0.717, 1.165) is 59.6 Å². The van der Waals surface area contributed by atoms with Gasteiger partial charge in [0.1, 0.15) is 11.5 Å². The molecule has 0 saturated heterocycles. The van der Waals surface area contributed by atoms with Crippen LogP contribution in [0.5, 0.6) is 11.5 Å². The van der Waals surface area contributed by atoms with Crippen molar-refractivity contribution in [2.45, 2.75) is 33.1 Å². The van der Waals surface area contributed by atoms with Gasteiger partial charge >= 0.3 is 0 Å². The second-order valence-corrected chi connectivity index (χ2v) is 5.48. The van der Waals surface area contributed by atoms with Crippen LogP contribution < -0.4 is 9.47 Å². The van der Waals surface area contributed by atoms with Crippen molar-refractivity contribution in [3.63, 3.8) is 0 Å². The highest BCUT2D eigenvalue weighted by Crippen LogP contribution is 2.36. The molecule has 0 N–H and O–H groups in total. The van der Waals surface area contributed by atoms with Crippen molar-refractivity contribution in [3.8, 4) is 11.5 Å². The average molecular weight is 307 g/mol. The van der Waals surface area contributed by atoms with Crippen molar-refractivity contribution in [2.24, 2.45) is 0 Å². The summed E-state index contributed by atoms with van der Waals surface area (Å²) in [4.78, 5) is 0. The lowest BCUT2D eigenvalue weighted by molar-refractivity contribution is 0.308. The molecule has 0 fully saturated rings. The number of hydrogen-bond donors (Lipinski definition) is 0. The summed E-state index contributed by atoms with van der Waals surface area (Å²) in [5.41, 5.74) is 1.12. The van der Waals surface area contributed by atoms with Crippen molar-refractivity contribution in [2.75, 3.05) is 19.1 Å². The molecule has 0 spiro atoms. The zero-order chi connectivity index (χ0) is 15.1. The smallest absolute Gasteiger partial charge is 0.130 e. The first-order valence-corrected chi connectivity index (χ1v) is 8.15. The van der Waals surface area contributed by atoms with E-state index in [2.05, 4.69) is 25.1 Å². The van der Waals surface area contributed by atoms with E-state index in [-0.39, 0.29) is 0 Å². The first-order valence-electron chi connectivity index (χ1n) is 7.61. The SMILES string of the molecule is CCOc1c(C)cc(OCCCCCCl)c2ccccc12. The zero-order valence-electron chi connectivity index (χ0n) is 12.8. The van der Waals surface area contributed by atoms with Gasteiger partial charge in [0.15, 0.2) is 0 Å². The number of ether oxygens (including phenoxy) is 2. The van der Waals surface area contributed by atoms with Crippen molar-refractivity contribution in [1.82, 2.24) is 0 Å². The molecule has 0 unspecified atom stereocenters. The number of unbranched alkanes of at least 4 members (excludes halogenated alkanes) is 2. The van der Waals surface area contributed by atoms with Gasteiger partial charge in [-0.05, 0) is 44.7 Å². The van der Waals surface area contributed by atoms with E-state index < -0.39 is 0 Å². The number of fused-ring (bicyclic) bond motifs is 1. The molecule has 2 nitrogen and oxygen atoms in total. The highest BCUT2D eigenvalue weighted by Gasteiger charge is 2.11. The summed E-state index contributed by atoms with van der Waals surface area (Å²) in [6, 6.07) is 10.3. The van der Waals surface area contributed by atoms with E-state index in [0.29, 0.717) is 6.61 Å². The molecule has 0 saturated carbocycles. The number of halogens is 1. The van der Waals surface area contributed by atoms with Crippen molar-refractivity contribution in [3.05, 3.63) is 35.9 Å². The summed E-state index contributed by atoms with van der Waals surface area (Å²) < 4.78 is 11.8. The molecule has 2 aromatic rings. The van der Waals surface area contributed by atoms with Gasteiger partial charge in [0.25, 0.3) is 0 Å². The Hall–Kier alpha value is -1.41. The quantitative estimate of drug-likeness (QED) is 0.484. The lowest BCUT2D eigenvalue weighted by Gasteiger charge is -2.15. The van der Waals surface area contributed by atoms with Gasteiger partial charge in [0, 0.05) is 16.7 Å². The molecule has 2 rings (SSSR count). The molecular weight excluding hydrogens is 284 g/mol. The third-order valence-corrected chi connectivity index (χ3v) is 3.73. The van der Waals surface area contributed by atoms with Crippen molar-refractivity contribution in [1.29, 1.82) is 0 Å². The van der Waals surface area contributed by atoms with Crippen LogP contribution in [0.15, 0.2) is 30.3 Å². The molecule has 0 amide bonds. The number of rotatable bonds is 8. The number of benzene rings is 2. The molecule has 0 atom stereocenters. The topological polar surface area (TPSA) is 18.5 Å². The van der Waals surface area contributed by atoms with E-state index >= 15 is 0 Å². The average Bonchev–Trinajstić information content (AvgIpc) is 2.50. The Balaban J connectivity index is 2.22. The van der Waals surface area contributed by atoms with Crippen LogP contribution >= 0.6 is 11.6 Å². The molecular formula is C18H23ClO2. The maximum atomic E-state index is 5.98. The van der Waals surface area contributed by atoms with Gasteiger partial charge in [0.05, 0.1) is 13.2 Å². The van der Waals surface area contributed by atoms with Gasteiger partial charge in [-0.25, -0.2) is 0 Å². The fraction of sp³-hybridized carbons (Fsp3) is 0.444. The van der Waals surface area contributed by atoms with Gasteiger partial charge < -0.3 is 9.47 Å². The lowest BCUT2D eigenvalue weighted by Crippen LogP contribution is -2.01. The van der Waals surface area contributed by atoms with Gasteiger partial charge in [0.2, 0.25) is 0 Å². The molecule has 0 bridgehead atoms. The largest absolute Gasteiger partial charge is 0.493 e. The van der Waals surface area contributed by atoms with Crippen LogP contribution in [-0.2, 0) is 0 Å². The van der Waals surface area contributed by atoms with Gasteiger partial charge in [-0.3, -0.25) is 0 Å². The summed E-state index contributed by atoms with van der Waals surface area (Å²) in [7, 11) is 0. The van der Waals surface area contributed by atoms with Gasteiger partial charge in [-0.15, -0.1) is 11.6 Å². The third-order valence-electron chi connectivity index (χ3n) is 3.47. The molecule has 3 heteroatoms. The Kier molecular flexibility index (Phi) is 6.19. The Morgan fingerprint density at radius 2 is 1.76 bits per heavy atom. The number of alkyl halides is 1. The normalized spacial score (nSPS) is 10.8.